The predicted molar refractivity (Wildman–Crippen MR) is 342 cm³/mol. The third-order valence-electron chi connectivity index (χ3n) is 16.6. The topological polar surface area (TPSA) is 9.72 Å². The maximum absolute atomic E-state index is 2.63. The van der Waals surface area contributed by atoms with E-state index < -0.39 is 0 Å². The molecule has 374 valence electrons. The van der Waals surface area contributed by atoms with Crippen LogP contribution in [0.25, 0.3) is 33.4 Å². The SMILES string of the molecule is Cc1ccc(-c2ccccc2N2c3ccccc3B3c4cc5c(cc4Sc4cc(-c6ccccc6)cc2c43)Sc2cc(N(c3ccccc3)c3ccccc3)cc3c2B5c2ccccc2N3c2ccccc2-c2ccccc2)cc1. The summed E-state index contributed by atoms with van der Waals surface area (Å²) in [5, 5.41) is 0. The second-order valence-corrected chi connectivity index (χ2v) is 23.4. The molecule has 0 amide bonds. The van der Waals surface area contributed by atoms with Crippen LogP contribution in [-0.4, -0.2) is 13.4 Å². The molecule has 7 heteroatoms. The zero-order chi connectivity index (χ0) is 52.8. The molecule has 0 saturated carbocycles. The van der Waals surface area contributed by atoms with E-state index in [1.54, 1.807) is 0 Å². The van der Waals surface area contributed by atoms with Gasteiger partial charge in [0.25, 0.3) is 0 Å². The molecule has 4 heterocycles. The summed E-state index contributed by atoms with van der Waals surface area (Å²) >= 11 is 3.87. The normalized spacial score (nSPS) is 13.1. The number of rotatable bonds is 8. The maximum atomic E-state index is 2.63. The van der Waals surface area contributed by atoms with Crippen LogP contribution in [0.15, 0.2) is 299 Å². The van der Waals surface area contributed by atoms with Crippen molar-refractivity contribution in [3.8, 4) is 33.4 Å². The number of hydrogen-bond acceptors (Lipinski definition) is 5. The van der Waals surface area contributed by atoms with E-state index in [1.807, 2.05) is 23.5 Å². The Labute approximate surface area is 477 Å². The predicted octanol–water partition coefficient (Wildman–Crippen LogP) is 16.0. The van der Waals surface area contributed by atoms with Crippen LogP contribution >= 0.6 is 23.5 Å². The van der Waals surface area contributed by atoms with Crippen LogP contribution in [0.3, 0.4) is 0 Å². The van der Waals surface area contributed by atoms with Crippen LogP contribution in [0.1, 0.15) is 5.56 Å². The maximum Gasteiger partial charge on any atom is 0.249 e. The first-order chi connectivity index (χ1) is 39.6. The van der Waals surface area contributed by atoms with Crippen molar-refractivity contribution in [2.45, 2.75) is 26.5 Å². The first kappa shape index (κ1) is 46.9. The molecule has 0 saturated heterocycles. The van der Waals surface area contributed by atoms with Gasteiger partial charge in [0.15, 0.2) is 0 Å². The fourth-order valence-electron chi connectivity index (χ4n) is 13.1. The quantitative estimate of drug-likeness (QED) is 0.140. The van der Waals surface area contributed by atoms with Crippen LogP contribution in [0.5, 0.6) is 0 Å². The van der Waals surface area contributed by atoms with Gasteiger partial charge < -0.3 is 14.7 Å². The first-order valence-electron chi connectivity index (χ1n) is 27.5. The van der Waals surface area contributed by atoms with Gasteiger partial charge in [-0.05, 0) is 130 Å². The average molecular weight is 1050 g/mol. The Bertz CT molecular complexity index is 4360. The molecular formula is C73H49B2N3S2. The summed E-state index contributed by atoms with van der Waals surface area (Å²) in [5.41, 5.74) is 27.0. The lowest BCUT2D eigenvalue weighted by Crippen LogP contribution is -2.63. The van der Waals surface area contributed by atoms with Crippen LogP contribution in [0.2, 0.25) is 0 Å². The first-order valence-corrected chi connectivity index (χ1v) is 29.2. The Morgan fingerprint density at radius 3 is 1.25 bits per heavy atom. The van der Waals surface area contributed by atoms with Crippen molar-refractivity contribution in [1.29, 1.82) is 0 Å². The Morgan fingerprint density at radius 2 is 0.713 bits per heavy atom. The van der Waals surface area contributed by atoms with E-state index in [-0.39, 0.29) is 13.4 Å². The number of benzene rings is 12. The molecule has 12 aromatic carbocycles. The summed E-state index contributed by atoms with van der Waals surface area (Å²) in [6.45, 7) is 2.13. The highest BCUT2D eigenvalue weighted by Gasteiger charge is 2.46. The molecule has 0 N–H and O–H groups in total. The monoisotopic (exact) mass is 1050 g/mol. The van der Waals surface area contributed by atoms with Gasteiger partial charge in [-0.3, -0.25) is 0 Å². The summed E-state index contributed by atoms with van der Waals surface area (Å²) < 4.78 is 0. The Kier molecular flexibility index (Phi) is 11.2. The summed E-state index contributed by atoms with van der Waals surface area (Å²) in [6.07, 6.45) is 0. The fourth-order valence-corrected chi connectivity index (χ4v) is 15.6. The van der Waals surface area contributed by atoms with E-state index in [0.717, 1.165) is 22.7 Å². The lowest BCUT2D eigenvalue weighted by atomic mass is 9.32. The molecule has 16 rings (SSSR count). The number of anilines is 9. The molecule has 12 aromatic rings. The van der Waals surface area contributed by atoms with Gasteiger partial charge in [0.05, 0.1) is 11.4 Å². The highest BCUT2D eigenvalue weighted by molar-refractivity contribution is 8.01. The largest absolute Gasteiger partial charge is 0.311 e. The van der Waals surface area contributed by atoms with Crippen LogP contribution in [0, 0.1) is 6.92 Å². The smallest absolute Gasteiger partial charge is 0.249 e. The molecule has 0 atom stereocenters. The Balaban J connectivity index is 0.933. The van der Waals surface area contributed by atoms with E-state index >= 15 is 0 Å². The molecule has 3 nitrogen and oxygen atoms in total. The summed E-state index contributed by atoms with van der Waals surface area (Å²) in [7, 11) is 0. The molecule has 0 unspecified atom stereocenters. The van der Waals surface area contributed by atoms with Crippen LogP contribution < -0.4 is 47.5 Å². The van der Waals surface area contributed by atoms with Gasteiger partial charge in [0, 0.05) is 70.5 Å². The lowest BCUT2D eigenvalue weighted by molar-refractivity contribution is 1.23. The van der Waals surface area contributed by atoms with Crippen molar-refractivity contribution >= 4 is 121 Å². The van der Waals surface area contributed by atoms with Crippen molar-refractivity contribution in [2.75, 3.05) is 14.7 Å². The van der Waals surface area contributed by atoms with Crippen molar-refractivity contribution in [1.82, 2.24) is 0 Å². The van der Waals surface area contributed by atoms with Crippen molar-refractivity contribution in [3.63, 3.8) is 0 Å². The van der Waals surface area contributed by atoms with Gasteiger partial charge in [-0.25, -0.2) is 0 Å². The third-order valence-corrected chi connectivity index (χ3v) is 18.9. The standard InChI is InChI=1S/C73H49B2N3S2/c1-48-38-40-51(41-39-48)57-31-15-19-35-63(57)77-64-36-20-16-32-58(64)74-60-46-61-69(47-68(60)79-70-43-52(42-66(77)72(70)74)49-22-6-2-7-23-49)80-71-45-55(76(53-26-10-4-11-27-53)54-28-12-5-13-29-54)44-67-73(71)75(61)59-33-17-21-37-65(59)78(67)62-34-18-14-30-56(62)50-24-8-3-9-25-50/h2-47H,1H3. The van der Waals surface area contributed by atoms with Gasteiger partial charge in [0.2, 0.25) is 13.4 Å². The Morgan fingerprint density at radius 1 is 0.287 bits per heavy atom. The van der Waals surface area contributed by atoms with Crippen molar-refractivity contribution in [3.05, 3.63) is 285 Å². The van der Waals surface area contributed by atoms with E-state index in [4.69, 9.17) is 0 Å². The second kappa shape index (κ2) is 19.1. The number of nitrogens with zero attached hydrogens (tertiary/aromatic N) is 3. The van der Waals surface area contributed by atoms with E-state index in [1.165, 1.54) is 120 Å². The molecule has 0 fully saturated rings. The zero-order valence-electron chi connectivity index (χ0n) is 43.9. The minimum Gasteiger partial charge on any atom is -0.311 e. The number of hydrogen-bond donors (Lipinski definition) is 0. The molecular weight excluding hydrogens is 1000 g/mol. The molecule has 0 spiro atoms. The molecule has 0 aliphatic carbocycles. The van der Waals surface area contributed by atoms with Gasteiger partial charge in [-0.15, -0.1) is 0 Å². The molecule has 0 aromatic heterocycles. The zero-order valence-corrected chi connectivity index (χ0v) is 45.5. The summed E-state index contributed by atoms with van der Waals surface area (Å²) in [5.74, 6) is 0. The fraction of sp³-hybridized carbons (Fsp3) is 0.0137. The van der Waals surface area contributed by atoms with E-state index in [2.05, 4.69) is 301 Å². The Hall–Kier alpha value is -9.13. The van der Waals surface area contributed by atoms with Gasteiger partial charge in [-0.2, -0.15) is 0 Å². The molecule has 0 radical (unpaired) electrons. The lowest BCUT2D eigenvalue weighted by Gasteiger charge is -2.43. The second-order valence-electron chi connectivity index (χ2n) is 21.2. The summed E-state index contributed by atoms with van der Waals surface area (Å²) in [4.78, 5) is 12.7. The molecule has 80 heavy (non-hydrogen) atoms. The van der Waals surface area contributed by atoms with Gasteiger partial charge in [0.1, 0.15) is 0 Å². The minimum atomic E-state index is -0.0307. The molecule has 0 bridgehead atoms. The highest BCUT2D eigenvalue weighted by Crippen LogP contribution is 2.51. The molecule has 4 aliphatic heterocycles. The number of fused-ring (bicyclic) bond motifs is 8. The van der Waals surface area contributed by atoms with Crippen molar-refractivity contribution < 1.29 is 0 Å². The third kappa shape index (κ3) is 7.56. The highest BCUT2D eigenvalue weighted by atomic mass is 32.2. The van der Waals surface area contributed by atoms with Gasteiger partial charge >= 0.3 is 0 Å². The van der Waals surface area contributed by atoms with Crippen molar-refractivity contribution in [2.24, 2.45) is 0 Å². The van der Waals surface area contributed by atoms with E-state index in [9.17, 15) is 0 Å². The molecule has 4 aliphatic rings. The number of aryl methyl sites for hydroxylation is 1. The van der Waals surface area contributed by atoms with Gasteiger partial charge in [-0.1, -0.05) is 240 Å². The van der Waals surface area contributed by atoms with Crippen LogP contribution in [0.4, 0.5) is 51.2 Å². The van der Waals surface area contributed by atoms with E-state index in [0.29, 0.717) is 0 Å². The number of para-hydroxylation sites is 6. The van der Waals surface area contributed by atoms with Crippen LogP contribution in [-0.2, 0) is 0 Å². The average Bonchev–Trinajstić information content (AvgIpc) is 3.68. The summed E-state index contributed by atoms with van der Waals surface area (Å²) in [6, 6.07) is 104. The minimum absolute atomic E-state index is 0.00279.